The van der Waals surface area contributed by atoms with Crippen molar-refractivity contribution in [2.24, 2.45) is 0 Å². The first-order valence-electron chi connectivity index (χ1n) is 10.1. The summed E-state index contributed by atoms with van der Waals surface area (Å²) in [5.74, 6) is 0.693. The van der Waals surface area contributed by atoms with Gasteiger partial charge in [0, 0.05) is 11.1 Å². The number of hydrogen-bond donors (Lipinski definition) is 0. The number of nitrogens with zero attached hydrogens (tertiary/aromatic N) is 4. The van der Waals surface area contributed by atoms with Gasteiger partial charge < -0.3 is 4.42 Å². The fraction of sp³-hybridized carbons (Fsp3) is 0.0400. The van der Waals surface area contributed by atoms with Crippen molar-refractivity contribution in [2.45, 2.75) is 6.92 Å². The van der Waals surface area contributed by atoms with Gasteiger partial charge in [-0.1, -0.05) is 47.7 Å². The van der Waals surface area contributed by atoms with E-state index in [2.05, 4.69) is 10.3 Å². The third kappa shape index (κ3) is 2.94. The number of aryl methyl sites for hydroxylation is 1. The molecule has 0 spiro atoms. The van der Waals surface area contributed by atoms with Gasteiger partial charge >= 0.3 is 0 Å². The first kappa shape index (κ1) is 18.7. The summed E-state index contributed by atoms with van der Waals surface area (Å²) in [6.45, 7) is 1.98. The Kier molecular flexibility index (Phi) is 4.22. The monoisotopic (exact) mass is 436 g/mol. The molecule has 32 heavy (non-hydrogen) atoms. The average Bonchev–Trinajstić information content (AvgIpc) is 3.48. The van der Waals surface area contributed by atoms with Crippen LogP contribution in [0.25, 0.3) is 48.7 Å². The number of furan rings is 1. The number of rotatable bonds is 3. The molecule has 0 aliphatic carbocycles. The summed E-state index contributed by atoms with van der Waals surface area (Å²) in [7, 11) is 0. The Hall–Kier alpha value is -4.10. The van der Waals surface area contributed by atoms with Crippen LogP contribution in [0.1, 0.15) is 5.56 Å². The highest BCUT2D eigenvalue weighted by molar-refractivity contribution is 7.25. The highest BCUT2D eigenvalue weighted by atomic mass is 32.1. The summed E-state index contributed by atoms with van der Waals surface area (Å²) in [6, 6.07) is 23.3. The Morgan fingerprint density at radius 1 is 0.969 bits per heavy atom. The lowest BCUT2D eigenvalue weighted by Crippen LogP contribution is -2.21. The molecule has 0 fully saturated rings. The van der Waals surface area contributed by atoms with E-state index < -0.39 is 0 Å². The minimum absolute atomic E-state index is 0.213. The average molecular weight is 436 g/mol. The quantitative estimate of drug-likeness (QED) is 0.360. The number of benzene rings is 2. The number of aromatic nitrogens is 4. The maximum absolute atomic E-state index is 13.4. The molecule has 0 aliphatic rings. The maximum Gasteiger partial charge on any atom is 0.292 e. The van der Waals surface area contributed by atoms with Gasteiger partial charge in [0.05, 0.1) is 23.0 Å². The highest BCUT2D eigenvalue weighted by Gasteiger charge is 2.20. The van der Waals surface area contributed by atoms with Crippen molar-refractivity contribution in [1.82, 2.24) is 20.0 Å². The van der Waals surface area contributed by atoms with E-state index in [1.54, 1.807) is 6.26 Å². The minimum Gasteiger partial charge on any atom is -0.464 e. The maximum atomic E-state index is 13.4. The van der Waals surface area contributed by atoms with Gasteiger partial charge in [0.15, 0.2) is 0 Å². The zero-order valence-corrected chi connectivity index (χ0v) is 17.8. The molecule has 0 amide bonds. The molecule has 6 rings (SSSR count). The first-order chi connectivity index (χ1) is 15.7. The number of pyridine rings is 1. The molecule has 7 heteroatoms. The largest absolute Gasteiger partial charge is 0.464 e. The second-order valence-corrected chi connectivity index (χ2v) is 8.50. The minimum atomic E-state index is -0.213. The molecule has 4 aromatic heterocycles. The topological polar surface area (TPSA) is 73.8 Å². The zero-order valence-electron chi connectivity index (χ0n) is 17.0. The van der Waals surface area contributed by atoms with Crippen LogP contribution in [0.5, 0.6) is 0 Å². The normalized spacial score (nSPS) is 11.4. The Labute approximate surface area is 186 Å². The lowest BCUT2D eigenvalue weighted by Gasteiger charge is -2.06. The van der Waals surface area contributed by atoms with Crippen molar-refractivity contribution in [1.29, 1.82) is 0 Å². The Morgan fingerprint density at radius 3 is 2.62 bits per heavy atom. The van der Waals surface area contributed by atoms with Crippen LogP contribution in [0.2, 0.25) is 0 Å². The third-order valence-corrected chi connectivity index (χ3v) is 6.42. The van der Waals surface area contributed by atoms with Crippen molar-refractivity contribution < 1.29 is 4.42 Å². The van der Waals surface area contributed by atoms with Crippen LogP contribution in [0.15, 0.2) is 88.3 Å². The van der Waals surface area contributed by atoms with Crippen molar-refractivity contribution in [2.75, 3.05) is 0 Å². The molecule has 154 valence electrons. The van der Waals surface area contributed by atoms with E-state index in [-0.39, 0.29) is 5.56 Å². The van der Waals surface area contributed by atoms with Gasteiger partial charge in [-0.2, -0.15) is 4.68 Å². The van der Waals surface area contributed by atoms with Gasteiger partial charge in [-0.3, -0.25) is 4.79 Å². The summed E-state index contributed by atoms with van der Waals surface area (Å²) >= 11 is 1.33. The molecule has 6 nitrogen and oxygen atoms in total. The molecule has 0 saturated carbocycles. The highest BCUT2D eigenvalue weighted by Crippen LogP contribution is 2.39. The lowest BCUT2D eigenvalue weighted by molar-refractivity contribution is 0.583. The second kappa shape index (κ2) is 7.25. The third-order valence-electron chi connectivity index (χ3n) is 5.36. The summed E-state index contributed by atoms with van der Waals surface area (Å²) in [5.41, 5.74) is 4.69. The predicted octanol–water partition coefficient (Wildman–Crippen LogP) is 5.63. The van der Waals surface area contributed by atoms with Crippen LogP contribution in [0.3, 0.4) is 0 Å². The van der Waals surface area contributed by atoms with Gasteiger partial charge in [-0.25, -0.2) is 4.98 Å². The molecule has 0 saturated heterocycles. The Bertz CT molecular complexity index is 1650. The molecular formula is C25H16N4O2S. The zero-order chi connectivity index (χ0) is 21.7. The van der Waals surface area contributed by atoms with E-state index in [9.17, 15) is 4.79 Å². The molecule has 0 bridgehead atoms. The van der Waals surface area contributed by atoms with Crippen LogP contribution in [0, 0.1) is 6.92 Å². The second-order valence-electron chi connectivity index (χ2n) is 7.50. The molecule has 2 aromatic carbocycles. The molecule has 0 atom stereocenters. The standard InChI is InChI=1S/C25H16N4O2S/c1-15-7-5-10-17(13-15)29-25(30)23-22(27-28-29)21-18(20-11-6-12-31-20)14-19(26-24(21)32-23)16-8-3-2-4-9-16/h2-14H,1H3. The van der Waals surface area contributed by atoms with Crippen LogP contribution in [-0.4, -0.2) is 20.0 Å². The van der Waals surface area contributed by atoms with Crippen molar-refractivity contribution >= 4 is 31.8 Å². The molecule has 4 heterocycles. The summed E-state index contributed by atoms with van der Waals surface area (Å²) in [5, 5.41) is 9.47. The summed E-state index contributed by atoms with van der Waals surface area (Å²) in [4.78, 5) is 19.0. The molecule has 0 radical (unpaired) electrons. The smallest absolute Gasteiger partial charge is 0.292 e. The van der Waals surface area contributed by atoms with Gasteiger partial charge in [-0.05, 0) is 42.8 Å². The lowest BCUT2D eigenvalue weighted by atomic mass is 10.0. The number of hydrogen-bond acceptors (Lipinski definition) is 6. The van der Waals surface area contributed by atoms with Crippen molar-refractivity contribution in [3.8, 4) is 28.3 Å². The van der Waals surface area contributed by atoms with Crippen LogP contribution < -0.4 is 5.56 Å². The summed E-state index contributed by atoms with van der Waals surface area (Å²) in [6.07, 6.45) is 1.63. The van der Waals surface area contributed by atoms with E-state index in [1.165, 1.54) is 16.0 Å². The van der Waals surface area contributed by atoms with Crippen LogP contribution >= 0.6 is 11.3 Å². The molecule has 6 aromatic rings. The van der Waals surface area contributed by atoms with Crippen molar-refractivity contribution in [3.63, 3.8) is 0 Å². The molecular weight excluding hydrogens is 420 g/mol. The van der Waals surface area contributed by atoms with E-state index in [1.807, 2.05) is 79.7 Å². The van der Waals surface area contributed by atoms with E-state index in [4.69, 9.17) is 9.40 Å². The molecule has 0 unspecified atom stereocenters. The van der Waals surface area contributed by atoms with Crippen LogP contribution in [-0.2, 0) is 0 Å². The molecule has 0 aliphatic heterocycles. The fourth-order valence-corrected chi connectivity index (χ4v) is 4.92. The predicted molar refractivity (Wildman–Crippen MR) is 126 cm³/mol. The van der Waals surface area contributed by atoms with E-state index in [0.717, 1.165) is 32.6 Å². The van der Waals surface area contributed by atoms with E-state index >= 15 is 0 Å². The van der Waals surface area contributed by atoms with Gasteiger partial charge in [0.25, 0.3) is 5.56 Å². The number of thiophene rings is 1. The van der Waals surface area contributed by atoms with Crippen LogP contribution in [0.4, 0.5) is 0 Å². The van der Waals surface area contributed by atoms with Gasteiger partial charge in [-0.15, -0.1) is 16.4 Å². The first-order valence-corrected chi connectivity index (χ1v) is 10.9. The SMILES string of the molecule is Cc1cccc(-n2nnc3c(sc4nc(-c5ccccc5)cc(-c5ccco5)c43)c2=O)c1. The van der Waals surface area contributed by atoms with Gasteiger partial charge in [0.1, 0.15) is 20.8 Å². The molecule has 0 N–H and O–H groups in total. The Morgan fingerprint density at radius 2 is 1.84 bits per heavy atom. The number of fused-ring (bicyclic) bond motifs is 3. The van der Waals surface area contributed by atoms with E-state index in [0.29, 0.717) is 21.7 Å². The van der Waals surface area contributed by atoms with Crippen molar-refractivity contribution in [3.05, 3.63) is 95.0 Å². The summed E-state index contributed by atoms with van der Waals surface area (Å²) < 4.78 is 7.58. The van der Waals surface area contributed by atoms with Gasteiger partial charge in [0.2, 0.25) is 0 Å². The Balaban J connectivity index is 1.67. The fourth-order valence-electron chi connectivity index (χ4n) is 3.86.